The number of rotatable bonds is 5. The van der Waals surface area contributed by atoms with E-state index in [2.05, 4.69) is 34.9 Å². The molecule has 0 saturated heterocycles. The summed E-state index contributed by atoms with van der Waals surface area (Å²) in [4.78, 5) is 11.9. The minimum absolute atomic E-state index is 0.00240. The van der Waals surface area contributed by atoms with Crippen LogP contribution in [0.2, 0.25) is 0 Å². The van der Waals surface area contributed by atoms with Gasteiger partial charge in [-0.2, -0.15) is 0 Å². The monoisotopic (exact) mass is 282 g/mol. The zero-order valence-corrected chi connectivity index (χ0v) is 12.9. The molecule has 2 rings (SSSR count). The first-order valence-electron chi connectivity index (χ1n) is 7.18. The SMILES string of the molecule is Cc1cccc(CNC(=O)CNc2cc(C)ccc2C)c1. The molecule has 0 unspecified atom stereocenters. The number of hydrogen-bond donors (Lipinski definition) is 2. The molecule has 2 aromatic carbocycles. The zero-order valence-electron chi connectivity index (χ0n) is 12.9. The van der Waals surface area contributed by atoms with Gasteiger partial charge in [-0.3, -0.25) is 4.79 Å². The number of hydrogen-bond acceptors (Lipinski definition) is 2. The third kappa shape index (κ3) is 4.63. The highest BCUT2D eigenvalue weighted by atomic mass is 16.1. The van der Waals surface area contributed by atoms with Gasteiger partial charge in [0, 0.05) is 12.2 Å². The van der Waals surface area contributed by atoms with E-state index in [1.807, 2.05) is 39.0 Å². The van der Waals surface area contributed by atoms with Crippen LogP contribution in [-0.2, 0) is 11.3 Å². The number of nitrogens with one attached hydrogen (secondary N) is 2. The van der Waals surface area contributed by atoms with Gasteiger partial charge in [-0.15, -0.1) is 0 Å². The van der Waals surface area contributed by atoms with Gasteiger partial charge in [0.15, 0.2) is 0 Å². The van der Waals surface area contributed by atoms with Crippen LogP contribution in [0.1, 0.15) is 22.3 Å². The van der Waals surface area contributed by atoms with Gasteiger partial charge in [0.05, 0.1) is 6.54 Å². The van der Waals surface area contributed by atoms with Crippen molar-refractivity contribution in [1.29, 1.82) is 0 Å². The van der Waals surface area contributed by atoms with Crippen molar-refractivity contribution in [3.8, 4) is 0 Å². The number of carbonyl (C=O) groups excluding carboxylic acids is 1. The Bertz CT molecular complexity index is 635. The van der Waals surface area contributed by atoms with Crippen LogP contribution in [0.25, 0.3) is 0 Å². The Morgan fingerprint density at radius 2 is 1.76 bits per heavy atom. The van der Waals surface area contributed by atoms with Crippen LogP contribution >= 0.6 is 0 Å². The van der Waals surface area contributed by atoms with Crippen molar-refractivity contribution in [2.24, 2.45) is 0 Å². The van der Waals surface area contributed by atoms with Gasteiger partial charge in [0.25, 0.3) is 0 Å². The second kappa shape index (κ2) is 6.93. The molecule has 0 aromatic heterocycles. The lowest BCUT2D eigenvalue weighted by Gasteiger charge is -2.11. The van der Waals surface area contributed by atoms with E-state index in [0.29, 0.717) is 6.54 Å². The fourth-order valence-corrected chi connectivity index (χ4v) is 2.19. The molecular weight excluding hydrogens is 260 g/mol. The molecule has 0 aliphatic carbocycles. The predicted octanol–water partition coefficient (Wildman–Crippen LogP) is 3.34. The molecule has 2 aromatic rings. The maximum atomic E-state index is 11.9. The highest BCUT2D eigenvalue weighted by Gasteiger charge is 2.03. The van der Waals surface area contributed by atoms with Gasteiger partial charge in [0.1, 0.15) is 0 Å². The van der Waals surface area contributed by atoms with Gasteiger partial charge in [0.2, 0.25) is 5.91 Å². The third-order valence-electron chi connectivity index (χ3n) is 3.40. The van der Waals surface area contributed by atoms with Crippen molar-refractivity contribution >= 4 is 11.6 Å². The summed E-state index contributed by atoms with van der Waals surface area (Å²) in [6.45, 7) is 6.98. The first kappa shape index (κ1) is 15.1. The average molecular weight is 282 g/mol. The molecular formula is C18H22N2O. The Kier molecular flexibility index (Phi) is 4.99. The summed E-state index contributed by atoms with van der Waals surface area (Å²) in [6, 6.07) is 14.3. The van der Waals surface area contributed by atoms with Crippen molar-refractivity contribution < 1.29 is 4.79 Å². The van der Waals surface area contributed by atoms with Crippen LogP contribution in [-0.4, -0.2) is 12.5 Å². The molecule has 0 spiro atoms. The summed E-state index contributed by atoms with van der Waals surface area (Å²) in [7, 11) is 0. The molecule has 3 nitrogen and oxygen atoms in total. The largest absolute Gasteiger partial charge is 0.376 e. The first-order chi connectivity index (χ1) is 10.0. The molecule has 0 radical (unpaired) electrons. The van der Waals surface area contributed by atoms with Crippen molar-refractivity contribution in [3.63, 3.8) is 0 Å². The van der Waals surface area contributed by atoms with Gasteiger partial charge in [-0.1, -0.05) is 42.0 Å². The minimum Gasteiger partial charge on any atom is -0.376 e. The van der Waals surface area contributed by atoms with E-state index in [0.717, 1.165) is 16.8 Å². The summed E-state index contributed by atoms with van der Waals surface area (Å²) < 4.78 is 0. The molecule has 0 saturated carbocycles. The summed E-state index contributed by atoms with van der Waals surface area (Å²) in [5, 5.41) is 6.12. The Morgan fingerprint density at radius 1 is 1.00 bits per heavy atom. The normalized spacial score (nSPS) is 10.2. The number of aryl methyl sites for hydroxylation is 3. The Balaban J connectivity index is 1.83. The molecule has 1 amide bonds. The number of benzene rings is 2. The molecule has 0 aliphatic heterocycles. The van der Waals surface area contributed by atoms with E-state index in [9.17, 15) is 4.79 Å². The Hall–Kier alpha value is -2.29. The van der Waals surface area contributed by atoms with Crippen LogP contribution in [0.3, 0.4) is 0 Å². The van der Waals surface area contributed by atoms with Crippen LogP contribution in [0.5, 0.6) is 0 Å². The second-order valence-electron chi connectivity index (χ2n) is 5.44. The lowest BCUT2D eigenvalue weighted by molar-refractivity contribution is -0.119. The molecule has 21 heavy (non-hydrogen) atoms. The zero-order chi connectivity index (χ0) is 15.2. The number of carbonyl (C=O) groups is 1. The van der Waals surface area contributed by atoms with E-state index < -0.39 is 0 Å². The van der Waals surface area contributed by atoms with Crippen molar-refractivity contribution in [3.05, 3.63) is 64.7 Å². The van der Waals surface area contributed by atoms with E-state index in [-0.39, 0.29) is 12.5 Å². The van der Waals surface area contributed by atoms with Gasteiger partial charge >= 0.3 is 0 Å². The summed E-state index contributed by atoms with van der Waals surface area (Å²) in [5.74, 6) is -0.00240. The summed E-state index contributed by atoms with van der Waals surface area (Å²) in [5.41, 5.74) is 5.67. The van der Waals surface area contributed by atoms with Crippen LogP contribution < -0.4 is 10.6 Å². The molecule has 0 bridgehead atoms. The third-order valence-corrected chi connectivity index (χ3v) is 3.40. The van der Waals surface area contributed by atoms with Crippen LogP contribution in [0.4, 0.5) is 5.69 Å². The van der Waals surface area contributed by atoms with E-state index in [1.165, 1.54) is 11.1 Å². The van der Waals surface area contributed by atoms with E-state index in [4.69, 9.17) is 0 Å². The smallest absolute Gasteiger partial charge is 0.239 e. The molecule has 0 aliphatic rings. The molecule has 2 N–H and O–H groups in total. The highest BCUT2D eigenvalue weighted by Crippen LogP contribution is 2.15. The maximum Gasteiger partial charge on any atom is 0.239 e. The van der Waals surface area contributed by atoms with Gasteiger partial charge in [-0.05, 0) is 43.5 Å². The summed E-state index contributed by atoms with van der Waals surface area (Å²) >= 11 is 0. The maximum absolute atomic E-state index is 11.9. The molecule has 0 atom stereocenters. The standard InChI is InChI=1S/C18H22N2O/c1-13-5-4-6-16(9-13)11-20-18(21)12-19-17-10-14(2)7-8-15(17)3/h4-10,19H,11-12H2,1-3H3,(H,20,21). The van der Waals surface area contributed by atoms with E-state index in [1.54, 1.807) is 0 Å². The first-order valence-corrected chi connectivity index (χ1v) is 7.18. The quantitative estimate of drug-likeness (QED) is 0.883. The van der Waals surface area contributed by atoms with Crippen LogP contribution in [0, 0.1) is 20.8 Å². The topological polar surface area (TPSA) is 41.1 Å². The fourth-order valence-electron chi connectivity index (χ4n) is 2.19. The summed E-state index contributed by atoms with van der Waals surface area (Å²) in [6.07, 6.45) is 0. The van der Waals surface area contributed by atoms with E-state index >= 15 is 0 Å². The Labute approximate surface area is 126 Å². The molecule has 0 fully saturated rings. The second-order valence-corrected chi connectivity index (χ2v) is 5.44. The predicted molar refractivity (Wildman–Crippen MR) is 87.4 cm³/mol. The lowest BCUT2D eigenvalue weighted by atomic mass is 10.1. The van der Waals surface area contributed by atoms with Gasteiger partial charge in [-0.25, -0.2) is 0 Å². The molecule has 110 valence electrons. The van der Waals surface area contributed by atoms with Crippen molar-refractivity contribution in [2.75, 3.05) is 11.9 Å². The average Bonchev–Trinajstić information content (AvgIpc) is 2.46. The Morgan fingerprint density at radius 3 is 2.52 bits per heavy atom. The molecule has 0 heterocycles. The molecule has 3 heteroatoms. The van der Waals surface area contributed by atoms with Crippen LogP contribution in [0.15, 0.2) is 42.5 Å². The number of amides is 1. The minimum atomic E-state index is -0.00240. The fraction of sp³-hybridized carbons (Fsp3) is 0.278. The highest BCUT2D eigenvalue weighted by molar-refractivity contribution is 5.81. The van der Waals surface area contributed by atoms with Gasteiger partial charge < -0.3 is 10.6 Å². The lowest BCUT2D eigenvalue weighted by Crippen LogP contribution is -2.29. The van der Waals surface area contributed by atoms with Crippen molar-refractivity contribution in [2.45, 2.75) is 27.3 Å². The number of anilines is 1. The van der Waals surface area contributed by atoms with Crippen molar-refractivity contribution in [1.82, 2.24) is 5.32 Å².